The number of para-hydroxylation sites is 1. The highest BCUT2D eigenvalue weighted by molar-refractivity contribution is 6.42. The lowest BCUT2D eigenvalue weighted by Gasteiger charge is -2.36. The van der Waals surface area contributed by atoms with Crippen LogP contribution >= 0.6 is 23.2 Å². The molecule has 0 spiro atoms. The number of halogens is 2. The van der Waals surface area contributed by atoms with Gasteiger partial charge in [-0.25, -0.2) is 4.79 Å². The Morgan fingerprint density at radius 1 is 0.839 bits per heavy atom. The van der Waals surface area contributed by atoms with Gasteiger partial charge in [0, 0.05) is 55.9 Å². The third-order valence-electron chi connectivity index (χ3n) is 5.92. The van der Waals surface area contributed by atoms with E-state index < -0.39 is 0 Å². The summed E-state index contributed by atoms with van der Waals surface area (Å²) in [6.07, 6.45) is 0. The zero-order valence-electron chi connectivity index (χ0n) is 16.7. The minimum Gasteiger partial charge on any atom is -0.369 e. The molecule has 1 aliphatic rings. The Labute approximate surface area is 187 Å². The Morgan fingerprint density at radius 2 is 1.61 bits per heavy atom. The molecule has 5 rings (SSSR count). The quantitative estimate of drug-likeness (QED) is 0.492. The van der Waals surface area contributed by atoms with Crippen LogP contribution in [0, 0.1) is 0 Å². The Balaban J connectivity index is 1.29. The predicted molar refractivity (Wildman–Crippen MR) is 126 cm³/mol. The van der Waals surface area contributed by atoms with Gasteiger partial charge in [-0.1, -0.05) is 41.4 Å². The average Bonchev–Trinajstić information content (AvgIpc) is 3.15. The molecular weight excluding hydrogens is 437 g/mol. The monoisotopic (exact) mass is 457 g/mol. The fourth-order valence-corrected chi connectivity index (χ4v) is 4.48. The van der Waals surface area contributed by atoms with Gasteiger partial charge in [-0.2, -0.15) is 0 Å². The maximum absolute atomic E-state index is 12.9. The second-order valence-electron chi connectivity index (χ2n) is 7.73. The summed E-state index contributed by atoms with van der Waals surface area (Å²) in [5.74, 6) is 0. The van der Waals surface area contributed by atoms with Gasteiger partial charge in [0.2, 0.25) is 0 Å². The molecule has 4 aromatic rings. The molecule has 9 heteroatoms. The van der Waals surface area contributed by atoms with Crippen LogP contribution in [0.3, 0.4) is 0 Å². The van der Waals surface area contributed by atoms with Crippen LogP contribution in [0.5, 0.6) is 0 Å². The van der Waals surface area contributed by atoms with E-state index in [1.807, 2.05) is 42.5 Å². The van der Waals surface area contributed by atoms with E-state index in [-0.39, 0.29) is 11.2 Å². The van der Waals surface area contributed by atoms with Crippen molar-refractivity contribution in [2.45, 2.75) is 6.54 Å². The van der Waals surface area contributed by atoms with Crippen LogP contribution in [0.25, 0.3) is 21.9 Å². The number of nitrogens with one attached hydrogen (secondary N) is 2. The summed E-state index contributed by atoms with van der Waals surface area (Å²) in [6.45, 7) is 4.31. The number of aromatic amines is 2. The van der Waals surface area contributed by atoms with Gasteiger partial charge in [0.1, 0.15) is 5.52 Å². The van der Waals surface area contributed by atoms with Gasteiger partial charge in [-0.15, -0.1) is 0 Å². The van der Waals surface area contributed by atoms with E-state index in [0.29, 0.717) is 34.2 Å². The lowest BCUT2D eigenvalue weighted by molar-refractivity contribution is 0.246. The summed E-state index contributed by atoms with van der Waals surface area (Å²) in [6, 6.07) is 13.2. The molecule has 1 fully saturated rings. The average molecular weight is 458 g/mol. The van der Waals surface area contributed by atoms with Gasteiger partial charge < -0.3 is 14.9 Å². The predicted octanol–water partition coefficient (Wildman–Crippen LogP) is 3.30. The Morgan fingerprint density at radius 3 is 2.39 bits per heavy atom. The van der Waals surface area contributed by atoms with Crippen molar-refractivity contribution in [3.8, 4) is 0 Å². The van der Waals surface area contributed by atoms with Crippen molar-refractivity contribution in [3.05, 3.63) is 73.3 Å². The minimum absolute atomic E-state index is 0.288. The molecule has 0 saturated carbocycles. The van der Waals surface area contributed by atoms with Gasteiger partial charge >= 0.3 is 5.69 Å². The largest absolute Gasteiger partial charge is 0.369 e. The topological polar surface area (TPSA) is 77.1 Å². The maximum Gasteiger partial charge on any atom is 0.328 e. The fourth-order valence-electron chi connectivity index (χ4n) is 4.19. The van der Waals surface area contributed by atoms with Crippen LogP contribution in [0.2, 0.25) is 10.0 Å². The summed E-state index contributed by atoms with van der Waals surface area (Å²) in [5.41, 5.74) is 2.22. The third kappa shape index (κ3) is 3.73. The second kappa shape index (κ2) is 8.07. The SMILES string of the molecule is O=c1[nH]c2c([nH]c3ccccc32)c(=O)n1CCN1CCN(c2ccc(Cl)c(Cl)c2)CC1. The minimum atomic E-state index is -0.378. The van der Waals surface area contributed by atoms with Crippen molar-refractivity contribution in [1.82, 2.24) is 19.4 Å². The molecule has 0 radical (unpaired) electrons. The molecule has 0 aliphatic carbocycles. The van der Waals surface area contributed by atoms with Crippen LogP contribution in [0.15, 0.2) is 52.1 Å². The van der Waals surface area contributed by atoms with E-state index in [9.17, 15) is 9.59 Å². The van der Waals surface area contributed by atoms with Crippen LogP contribution < -0.4 is 16.1 Å². The number of piperazine rings is 1. The van der Waals surface area contributed by atoms with Crippen molar-refractivity contribution in [3.63, 3.8) is 0 Å². The number of fused-ring (bicyclic) bond motifs is 3. The molecule has 2 aromatic heterocycles. The Hall–Kier alpha value is -2.74. The molecule has 1 saturated heterocycles. The zero-order chi connectivity index (χ0) is 21.5. The van der Waals surface area contributed by atoms with E-state index >= 15 is 0 Å². The lowest BCUT2D eigenvalue weighted by Crippen LogP contribution is -2.48. The molecule has 0 amide bonds. The van der Waals surface area contributed by atoms with Gasteiger partial charge in [-0.3, -0.25) is 14.3 Å². The van der Waals surface area contributed by atoms with Gasteiger partial charge in [0.15, 0.2) is 0 Å². The van der Waals surface area contributed by atoms with Crippen molar-refractivity contribution in [1.29, 1.82) is 0 Å². The molecule has 7 nitrogen and oxygen atoms in total. The first-order valence-corrected chi connectivity index (χ1v) is 10.9. The molecule has 2 aromatic carbocycles. The Bertz CT molecular complexity index is 1380. The molecule has 1 aliphatic heterocycles. The van der Waals surface area contributed by atoms with E-state index in [2.05, 4.69) is 19.8 Å². The molecule has 2 N–H and O–H groups in total. The van der Waals surface area contributed by atoms with Crippen molar-refractivity contribution < 1.29 is 0 Å². The Kier molecular flexibility index (Phi) is 5.25. The standard InChI is InChI=1S/C22H21Cl2N5O2/c23-16-6-5-14(13-17(16)24)28-10-7-27(8-11-28)9-12-29-21(30)20-19(26-22(29)31)15-3-1-2-4-18(15)25-20/h1-6,13,25H,7-12H2,(H,26,31). The van der Waals surface area contributed by atoms with Crippen molar-refractivity contribution >= 4 is 50.8 Å². The highest BCUT2D eigenvalue weighted by atomic mass is 35.5. The highest BCUT2D eigenvalue weighted by Crippen LogP contribution is 2.27. The molecule has 0 bridgehead atoms. The van der Waals surface area contributed by atoms with Gasteiger partial charge in [-0.05, 0) is 24.3 Å². The molecule has 31 heavy (non-hydrogen) atoms. The number of benzene rings is 2. The second-order valence-corrected chi connectivity index (χ2v) is 8.55. The third-order valence-corrected chi connectivity index (χ3v) is 6.66. The van der Waals surface area contributed by atoms with Gasteiger partial charge in [0.05, 0.1) is 15.6 Å². The number of H-pyrrole nitrogens is 2. The van der Waals surface area contributed by atoms with E-state index in [4.69, 9.17) is 23.2 Å². The summed E-state index contributed by atoms with van der Waals surface area (Å²) in [5, 5.41) is 1.94. The zero-order valence-corrected chi connectivity index (χ0v) is 18.2. The number of anilines is 1. The van der Waals surface area contributed by atoms with Gasteiger partial charge in [0.25, 0.3) is 5.56 Å². The highest BCUT2D eigenvalue weighted by Gasteiger charge is 2.19. The smallest absolute Gasteiger partial charge is 0.328 e. The normalized spacial score (nSPS) is 15.2. The summed E-state index contributed by atoms with van der Waals surface area (Å²) in [7, 11) is 0. The molecular formula is C22H21Cl2N5O2. The van der Waals surface area contributed by atoms with E-state index in [1.165, 1.54) is 4.57 Å². The summed E-state index contributed by atoms with van der Waals surface area (Å²) < 4.78 is 1.28. The fraction of sp³-hybridized carbons (Fsp3) is 0.273. The number of rotatable bonds is 4. The number of hydrogen-bond acceptors (Lipinski definition) is 4. The van der Waals surface area contributed by atoms with Crippen LogP contribution in [0.1, 0.15) is 0 Å². The number of hydrogen-bond donors (Lipinski definition) is 2. The molecule has 0 atom stereocenters. The first-order valence-electron chi connectivity index (χ1n) is 10.2. The first-order chi connectivity index (χ1) is 15.0. The number of aromatic nitrogens is 3. The lowest BCUT2D eigenvalue weighted by atomic mass is 10.2. The number of nitrogens with zero attached hydrogens (tertiary/aromatic N) is 3. The first kappa shape index (κ1) is 20.2. The molecule has 0 unspecified atom stereocenters. The van der Waals surface area contributed by atoms with Crippen LogP contribution in [-0.4, -0.2) is 52.2 Å². The van der Waals surface area contributed by atoms with E-state index in [1.54, 1.807) is 0 Å². The summed E-state index contributed by atoms with van der Waals surface area (Å²) in [4.78, 5) is 36.1. The summed E-state index contributed by atoms with van der Waals surface area (Å²) >= 11 is 12.1. The van der Waals surface area contributed by atoms with E-state index in [0.717, 1.165) is 42.8 Å². The van der Waals surface area contributed by atoms with Crippen LogP contribution in [-0.2, 0) is 6.54 Å². The molecule has 3 heterocycles. The van der Waals surface area contributed by atoms with Crippen molar-refractivity contribution in [2.24, 2.45) is 0 Å². The van der Waals surface area contributed by atoms with Crippen molar-refractivity contribution in [2.75, 3.05) is 37.6 Å². The van der Waals surface area contributed by atoms with Crippen LogP contribution in [0.4, 0.5) is 5.69 Å². The maximum atomic E-state index is 12.9. The molecule has 160 valence electrons.